The first-order valence-corrected chi connectivity index (χ1v) is 11.1. The molecule has 5 aromatic rings. The fourth-order valence-electron chi connectivity index (χ4n) is 4.14. The fraction of sp³-hybridized carbons (Fsp3) is 0.154. The van der Waals surface area contributed by atoms with Crippen molar-refractivity contribution in [3.05, 3.63) is 89.6 Å². The van der Waals surface area contributed by atoms with E-state index in [2.05, 4.69) is 22.4 Å². The molecule has 0 spiro atoms. The third-order valence-corrected chi connectivity index (χ3v) is 6.07. The molecule has 0 saturated carbocycles. The highest BCUT2D eigenvalue weighted by atomic mass is 35.5. The van der Waals surface area contributed by atoms with Crippen molar-refractivity contribution in [1.82, 2.24) is 20.1 Å². The zero-order valence-corrected chi connectivity index (χ0v) is 18.4. The Morgan fingerprint density at radius 1 is 1.06 bits per heavy atom. The first kappa shape index (κ1) is 20.3. The second-order valence-corrected chi connectivity index (χ2v) is 8.33. The molecule has 0 bridgehead atoms. The maximum atomic E-state index is 13.0. The molecule has 160 valence electrons. The van der Waals surface area contributed by atoms with Crippen LogP contribution in [0.4, 0.5) is 0 Å². The van der Waals surface area contributed by atoms with Crippen molar-refractivity contribution in [1.29, 1.82) is 0 Å². The monoisotopic (exact) mass is 442 g/mol. The van der Waals surface area contributed by atoms with Crippen LogP contribution in [0.1, 0.15) is 18.5 Å². The Labute approximate surface area is 191 Å². The number of fused-ring (bicyclic) bond motifs is 2. The molecular formula is C26H23ClN4O. The molecule has 1 atom stereocenters. The third kappa shape index (κ3) is 3.76. The van der Waals surface area contributed by atoms with Crippen LogP contribution in [-0.4, -0.2) is 27.2 Å². The minimum Gasteiger partial charge on any atom is -0.361 e. The van der Waals surface area contributed by atoms with Crippen LogP contribution in [0, 0.1) is 0 Å². The Bertz CT molecular complexity index is 1400. The van der Waals surface area contributed by atoms with Crippen molar-refractivity contribution in [3.63, 3.8) is 0 Å². The summed E-state index contributed by atoms with van der Waals surface area (Å²) in [5, 5.41) is 10.7. The Balaban J connectivity index is 1.37. The van der Waals surface area contributed by atoms with E-state index in [1.807, 2.05) is 73.8 Å². The number of hydrogen-bond donors (Lipinski definition) is 2. The average molecular weight is 443 g/mol. The van der Waals surface area contributed by atoms with Gasteiger partial charge in [0.05, 0.1) is 5.52 Å². The average Bonchev–Trinajstić information content (AvgIpc) is 3.40. The van der Waals surface area contributed by atoms with E-state index in [1.54, 1.807) is 4.68 Å². The summed E-state index contributed by atoms with van der Waals surface area (Å²) in [6.07, 6.45) is 2.77. The lowest BCUT2D eigenvalue weighted by atomic mass is 10.1. The van der Waals surface area contributed by atoms with Crippen molar-refractivity contribution in [2.75, 3.05) is 6.54 Å². The minimum atomic E-state index is -0.459. The fourth-order valence-corrected chi connectivity index (χ4v) is 4.31. The van der Waals surface area contributed by atoms with Gasteiger partial charge in [-0.2, -0.15) is 5.10 Å². The standard InChI is InChI=1S/C26H23ClN4O/c1-17(26(32)28-14-13-19-16-29-23-10-6-5-9-21(19)23)31-24-12-11-20(27)15-22(24)25(30-31)18-7-3-2-4-8-18/h2-12,15-17,29H,13-14H2,1H3,(H,28,32)/t17-/m0/s1. The van der Waals surface area contributed by atoms with E-state index < -0.39 is 6.04 Å². The summed E-state index contributed by atoms with van der Waals surface area (Å²) in [5.74, 6) is -0.0659. The molecule has 6 heteroatoms. The summed E-state index contributed by atoms with van der Waals surface area (Å²) in [6, 6.07) is 23.3. The summed E-state index contributed by atoms with van der Waals surface area (Å²) in [4.78, 5) is 16.3. The lowest BCUT2D eigenvalue weighted by Crippen LogP contribution is -2.32. The van der Waals surface area contributed by atoms with E-state index in [4.69, 9.17) is 16.7 Å². The third-order valence-electron chi connectivity index (χ3n) is 5.83. The van der Waals surface area contributed by atoms with Gasteiger partial charge in [-0.1, -0.05) is 60.1 Å². The van der Waals surface area contributed by atoms with E-state index in [9.17, 15) is 4.79 Å². The summed E-state index contributed by atoms with van der Waals surface area (Å²) in [7, 11) is 0. The topological polar surface area (TPSA) is 62.7 Å². The van der Waals surface area contributed by atoms with Crippen molar-refractivity contribution in [3.8, 4) is 11.3 Å². The van der Waals surface area contributed by atoms with E-state index in [0.29, 0.717) is 11.6 Å². The van der Waals surface area contributed by atoms with Crippen LogP contribution >= 0.6 is 11.6 Å². The number of halogens is 1. The highest BCUT2D eigenvalue weighted by molar-refractivity contribution is 6.31. The highest BCUT2D eigenvalue weighted by Crippen LogP contribution is 2.31. The number of aromatic nitrogens is 3. The zero-order chi connectivity index (χ0) is 22.1. The van der Waals surface area contributed by atoms with Crippen LogP contribution < -0.4 is 5.32 Å². The lowest BCUT2D eigenvalue weighted by molar-refractivity contribution is -0.123. The number of H-pyrrole nitrogens is 1. The van der Waals surface area contributed by atoms with Crippen LogP contribution in [0.15, 0.2) is 79.0 Å². The van der Waals surface area contributed by atoms with Gasteiger partial charge in [-0.3, -0.25) is 9.48 Å². The second-order valence-electron chi connectivity index (χ2n) is 7.90. The summed E-state index contributed by atoms with van der Waals surface area (Å²) >= 11 is 6.27. The predicted octanol–water partition coefficient (Wildman–Crippen LogP) is 5.76. The van der Waals surface area contributed by atoms with Gasteiger partial charge in [0, 0.05) is 39.6 Å². The second kappa shape index (κ2) is 8.52. The van der Waals surface area contributed by atoms with Gasteiger partial charge in [0.15, 0.2) is 0 Å². The van der Waals surface area contributed by atoms with Crippen molar-refractivity contribution in [2.45, 2.75) is 19.4 Å². The molecule has 2 N–H and O–H groups in total. The SMILES string of the molecule is C[C@@H](C(=O)NCCc1c[nH]c2ccccc12)n1nc(-c2ccccc2)c2cc(Cl)ccc21. The molecule has 0 aliphatic rings. The zero-order valence-electron chi connectivity index (χ0n) is 17.7. The molecule has 5 rings (SSSR count). The molecule has 3 aromatic carbocycles. The molecule has 0 aliphatic heterocycles. The number of carbonyl (C=O) groups is 1. The first-order valence-electron chi connectivity index (χ1n) is 10.7. The van der Waals surface area contributed by atoms with Crippen LogP contribution in [-0.2, 0) is 11.2 Å². The number of aromatic amines is 1. The lowest BCUT2D eigenvalue weighted by Gasteiger charge is -2.14. The molecule has 0 unspecified atom stereocenters. The predicted molar refractivity (Wildman–Crippen MR) is 130 cm³/mol. The molecule has 1 amide bonds. The van der Waals surface area contributed by atoms with Crippen LogP contribution in [0.5, 0.6) is 0 Å². The molecular weight excluding hydrogens is 420 g/mol. The molecule has 5 nitrogen and oxygen atoms in total. The van der Waals surface area contributed by atoms with Gasteiger partial charge >= 0.3 is 0 Å². The van der Waals surface area contributed by atoms with E-state index >= 15 is 0 Å². The molecule has 0 saturated heterocycles. The van der Waals surface area contributed by atoms with Gasteiger partial charge in [-0.25, -0.2) is 0 Å². The van der Waals surface area contributed by atoms with Gasteiger partial charge in [-0.15, -0.1) is 0 Å². The number of nitrogens with one attached hydrogen (secondary N) is 2. The number of carbonyl (C=O) groups excluding carboxylic acids is 1. The van der Waals surface area contributed by atoms with E-state index in [1.165, 1.54) is 10.9 Å². The molecule has 0 fully saturated rings. The van der Waals surface area contributed by atoms with Gasteiger partial charge in [0.2, 0.25) is 5.91 Å². The van der Waals surface area contributed by atoms with Crippen LogP contribution in [0.2, 0.25) is 5.02 Å². The Hall–Kier alpha value is -3.57. The summed E-state index contributed by atoms with van der Waals surface area (Å²) in [6.45, 7) is 2.43. The quantitative estimate of drug-likeness (QED) is 0.351. The number of amides is 1. The Kier molecular flexibility index (Phi) is 5.41. The maximum absolute atomic E-state index is 13.0. The largest absolute Gasteiger partial charge is 0.361 e. The van der Waals surface area contributed by atoms with Gasteiger partial charge in [0.1, 0.15) is 11.7 Å². The van der Waals surface area contributed by atoms with Gasteiger partial charge in [0.25, 0.3) is 0 Å². The molecule has 32 heavy (non-hydrogen) atoms. The van der Waals surface area contributed by atoms with Gasteiger partial charge in [-0.05, 0) is 43.2 Å². The van der Waals surface area contributed by atoms with E-state index in [-0.39, 0.29) is 5.91 Å². The first-order chi connectivity index (χ1) is 15.6. The Morgan fingerprint density at radius 2 is 1.84 bits per heavy atom. The number of benzene rings is 3. The minimum absolute atomic E-state index is 0.0659. The number of nitrogens with zero attached hydrogens (tertiary/aromatic N) is 2. The van der Waals surface area contributed by atoms with Gasteiger partial charge < -0.3 is 10.3 Å². The van der Waals surface area contributed by atoms with Crippen molar-refractivity contribution >= 4 is 39.3 Å². The van der Waals surface area contributed by atoms with Crippen molar-refractivity contribution < 1.29 is 4.79 Å². The number of hydrogen-bond acceptors (Lipinski definition) is 2. The number of rotatable bonds is 6. The molecule has 0 radical (unpaired) electrons. The normalized spacial score (nSPS) is 12.3. The van der Waals surface area contributed by atoms with Crippen LogP contribution in [0.3, 0.4) is 0 Å². The summed E-state index contributed by atoms with van der Waals surface area (Å²) < 4.78 is 1.79. The Morgan fingerprint density at radius 3 is 2.69 bits per heavy atom. The highest BCUT2D eigenvalue weighted by Gasteiger charge is 2.21. The molecule has 2 heterocycles. The molecule has 0 aliphatic carbocycles. The summed E-state index contributed by atoms with van der Waals surface area (Å²) in [5.41, 5.74) is 5.00. The van der Waals surface area contributed by atoms with Crippen LogP contribution in [0.25, 0.3) is 33.1 Å². The van der Waals surface area contributed by atoms with Crippen molar-refractivity contribution in [2.24, 2.45) is 0 Å². The smallest absolute Gasteiger partial charge is 0.244 e. The molecule has 2 aromatic heterocycles. The number of para-hydroxylation sites is 1. The maximum Gasteiger partial charge on any atom is 0.244 e. The van der Waals surface area contributed by atoms with E-state index in [0.717, 1.165) is 34.1 Å².